The number of piperazine rings is 1. The van der Waals surface area contributed by atoms with Gasteiger partial charge in [-0.1, -0.05) is 11.6 Å². The second kappa shape index (κ2) is 7.50. The summed E-state index contributed by atoms with van der Waals surface area (Å²) in [5.74, 6) is 0.0579. The van der Waals surface area contributed by atoms with Crippen LogP contribution in [0.1, 0.15) is 21.6 Å². The number of carbonyl (C=O) groups is 1. The zero-order valence-corrected chi connectivity index (χ0v) is 15.7. The van der Waals surface area contributed by atoms with Gasteiger partial charge in [-0.15, -0.1) is 0 Å². The molecule has 0 radical (unpaired) electrons. The molecule has 0 spiro atoms. The van der Waals surface area contributed by atoms with E-state index in [0.717, 1.165) is 55.9 Å². The van der Waals surface area contributed by atoms with Gasteiger partial charge in [0.05, 0.1) is 16.8 Å². The normalized spacial score (nSPS) is 16.3. The van der Waals surface area contributed by atoms with E-state index in [1.165, 1.54) is 5.56 Å². The Morgan fingerprint density at radius 2 is 1.88 bits per heavy atom. The molecular formula is C20H28N4O. The van der Waals surface area contributed by atoms with Crippen LogP contribution >= 0.6 is 0 Å². The Balaban J connectivity index is 1.69. The summed E-state index contributed by atoms with van der Waals surface area (Å²) in [5.41, 5.74) is 3.63. The van der Waals surface area contributed by atoms with Crippen molar-refractivity contribution >= 4 is 16.8 Å². The van der Waals surface area contributed by atoms with E-state index in [0.29, 0.717) is 5.56 Å². The number of fused-ring (bicyclic) bond motifs is 1. The molecule has 25 heavy (non-hydrogen) atoms. The number of likely N-dealkylation sites (N-methyl/N-ethyl adjacent to an activating group) is 2. The first kappa shape index (κ1) is 17.8. The lowest BCUT2D eigenvalue weighted by Gasteiger charge is -2.33. The molecular weight excluding hydrogens is 312 g/mol. The van der Waals surface area contributed by atoms with Crippen LogP contribution in [0.4, 0.5) is 0 Å². The summed E-state index contributed by atoms with van der Waals surface area (Å²) >= 11 is 0. The van der Waals surface area contributed by atoms with Crippen molar-refractivity contribution < 1.29 is 4.79 Å². The van der Waals surface area contributed by atoms with Crippen LogP contribution in [0.3, 0.4) is 0 Å². The number of rotatable bonds is 4. The van der Waals surface area contributed by atoms with E-state index in [1.54, 1.807) is 0 Å². The van der Waals surface area contributed by atoms with Crippen LogP contribution in [0.2, 0.25) is 0 Å². The number of carbonyl (C=O) groups excluding carboxylic acids is 1. The molecule has 1 amide bonds. The SMILES string of the molecule is Cc1ccc2nc(C)c(C(=O)N(C)CCN3CCN(C)CC3)cc2c1. The molecule has 5 heteroatoms. The number of pyridine rings is 1. The Kier molecular flexibility index (Phi) is 5.35. The zero-order valence-electron chi connectivity index (χ0n) is 15.7. The highest BCUT2D eigenvalue weighted by Gasteiger charge is 2.18. The summed E-state index contributed by atoms with van der Waals surface area (Å²) in [4.78, 5) is 24.1. The fourth-order valence-electron chi connectivity index (χ4n) is 3.28. The Morgan fingerprint density at radius 3 is 2.60 bits per heavy atom. The van der Waals surface area contributed by atoms with Gasteiger partial charge in [0.15, 0.2) is 0 Å². The molecule has 1 aliphatic rings. The van der Waals surface area contributed by atoms with Crippen LogP contribution in [-0.4, -0.2) is 79.0 Å². The van der Waals surface area contributed by atoms with Gasteiger partial charge in [-0.25, -0.2) is 0 Å². The van der Waals surface area contributed by atoms with Gasteiger partial charge in [0.1, 0.15) is 0 Å². The number of aryl methyl sites for hydroxylation is 2. The minimum atomic E-state index is 0.0579. The molecule has 134 valence electrons. The number of hydrogen-bond donors (Lipinski definition) is 0. The van der Waals surface area contributed by atoms with Crippen molar-refractivity contribution in [3.8, 4) is 0 Å². The molecule has 0 N–H and O–H groups in total. The van der Waals surface area contributed by atoms with Crippen molar-refractivity contribution in [3.63, 3.8) is 0 Å². The summed E-state index contributed by atoms with van der Waals surface area (Å²) < 4.78 is 0. The maximum atomic E-state index is 12.9. The average molecular weight is 340 g/mol. The largest absolute Gasteiger partial charge is 0.340 e. The highest BCUT2D eigenvalue weighted by atomic mass is 16.2. The highest BCUT2D eigenvalue weighted by Crippen LogP contribution is 2.19. The lowest BCUT2D eigenvalue weighted by Crippen LogP contribution is -2.47. The first-order valence-corrected chi connectivity index (χ1v) is 8.98. The third-order valence-electron chi connectivity index (χ3n) is 5.09. The van der Waals surface area contributed by atoms with Gasteiger partial charge in [-0.05, 0) is 39.1 Å². The molecule has 0 saturated carbocycles. The quantitative estimate of drug-likeness (QED) is 0.855. The van der Waals surface area contributed by atoms with E-state index in [9.17, 15) is 4.79 Å². The number of nitrogens with zero attached hydrogens (tertiary/aromatic N) is 4. The van der Waals surface area contributed by atoms with Crippen LogP contribution in [-0.2, 0) is 0 Å². The first-order valence-electron chi connectivity index (χ1n) is 8.98. The van der Waals surface area contributed by atoms with E-state index in [-0.39, 0.29) is 5.91 Å². The van der Waals surface area contributed by atoms with Gasteiger partial charge >= 0.3 is 0 Å². The molecule has 1 saturated heterocycles. The van der Waals surface area contributed by atoms with E-state index in [4.69, 9.17) is 0 Å². The molecule has 1 aromatic heterocycles. The van der Waals surface area contributed by atoms with Gasteiger partial charge < -0.3 is 9.80 Å². The summed E-state index contributed by atoms with van der Waals surface area (Å²) in [7, 11) is 4.04. The molecule has 0 atom stereocenters. The minimum absolute atomic E-state index is 0.0579. The molecule has 2 heterocycles. The van der Waals surface area contributed by atoms with E-state index in [2.05, 4.69) is 40.9 Å². The molecule has 3 rings (SSSR count). The van der Waals surface area contributed by atoms with Crippen LogP contribution < -0.4 is 0 Å². The van der Waals surface area contributed by atoms with Gasteiger partial charge in [0.2, 0.25) is 0 Å². The standard InChI is InChI=1S/C20H28N4O/c1-15-5-6-19-17(13-15)14-18(16(2)21-19)20(25)23(4)9-12-24-10-7-22(3)8-11-24/h5-6,13-14H,7-12H2,1-4H3. The van der Waals surface area contributed by atoms with Crippen LogP contribution in [0.5, 0.6) is 0 Å². The second-order valence-electron chi connectivity index (χ2n) is 7.19. The predicted octanol–water partition coefficient (Wildman–Crippen LogP) is 2.17. The van der Waals surface area contributed by atoms with E-state index in [1.807, 2.05) is 31.0 Å². The van der Waals surface area contributed by atoms with Crippen molar-refractivity contribution in [2.45, 2.75) is 13.8 Å². The van der Waals surface area contributed by atoms with Gasteiger partial charge in [0.25, 0.3) is 5.91 Å². The minimum Gasteiger partial charge on any atom is -0.340 e. The highest BCUT2D eigenvalue weighted by molar-refractivity contribution is 5.98. The lowest BCUT2D eigenvalue weighted by molar-refractivity contribution is 0.0759. The number of amides is 1. The summed E-state index contributed by atoms with van der Waals surface area (Å²) in [6, 6.07) is 8.14. The third kappa shape index (κ3) is 4.17. The fraction of sp³-hybridized carbons (Fsp3) is 0.500. The number of benzene rings is 1. The second-order valence-corrected chi connectivity index (χ2v) is 7.19. The van der Waals surface area contributed by atoms with Gasteiger partial charge in [-0.2, -0.15) is 0 Å². The Bertz CT molecular complexity index is 766. The van der Waals surface area contributed by atoms with Crippen molar-refractivity contribution in [1.29, 1.82) is 0 Å². The molecule has 0 aliphatic carbocycles. The van der Waals surface area contributed by atoms with Gasteiger partial charge in [-0.3, -0.25) is 14.7 Å². The molecule has 1 aromatic carbocycles. The summed E-state index contributed by atoms with van der Waals surface area (Å²) in [5, 5.41) is 1.03. The number of aromatic nitrogens is 1. The maximum absolute atomic E-state index is 12.9. The van der Waals surface area contributed by atoms with E-state index >= 15 is 0 Å². The molecule has 1 fully saturated rings. The molecule has 0 unspecified atom stereocenters. The zero-order chi connectivity index (χ0) is 18.0. The van der Waals surface area contributed by atoms with Gasteiger partial charge in [0, 0.05) is 51.7 Å². The van der Waals surface area contributed by atoms with E-state index < -0.39 is 0 Å². The Labute approximate surface area is 150 Å². The maximum Gasteiger partial charge on any atom is 0.255 e. The predicted molar refractivity (Wildman–Crippen MR) is 102 cm³/mol. The van der Waals surface area contributed by atoms with Crippen molar-refractivity contribution in [2.75, 3.05) is 53.4 Å². The lowest BCUT2D eigenvalue weighted by atomic mass is 10.1. The van der Waals surface area contributed by atoms with Crippen LogP contribution in [0, 0.1) is 13.8 Å². The average Bonchev–Trinajstić information content (AvgIpc) is 2.60. The van der Waals surface area contributed by atoms with Crippen molar-refractivity contribution in [3.05, 3.63) is 41.1 Å². The fourth-order valence-corrected chi connectivity index (χ4v) is 3.28. The number of hydrogen-bond acceptors (Lipinski definition) is 4. The van der Waals surface area contributed by atoms with Crippen molar-refractivity contribution in [2.24, 2.45) is 0 Å². The Morgan fingerprint density at radius 1 is 1.16 bits per heavy atom. The monoisotopic (exact) mass is 340 g/mol. The molecule has 0 bridgehead atoms. The molecule has 5 nitrogen and oxygen atoms in total. The topological polar surface area (TPSA) is 39.7 Å². The summed E-state index contributed by atoms with van der Waals surface area (Å²) in [6.07, 6.45) is 0. The molecule has 2 aromatic rings. The van der Waals surface area contributed by atoms with Crippen LogP contribution in [0.15, 0.2) is 24.3 Å². The van der Waals surface area contributed by atoms with Crippen molar-refractivity contribution in [1.82, 2.24) is 19.7 Å². The summed E-state index contributed by atoms with van der Waals surface area (Å²) in [6.45, 7) is 10.0. The Hall–Kier alpha value is -1.98. The first-order chi connectivity index (χ1) is 11.9. The smallest absolute Gasteiger partial charge is 0.255 e. The van der Waals surface area contributed by atoms with Crippen LogP contribution in [0.25, 0.3) is 10.9 Å². The third-order valence-corrected chi connectivity index (χ3v) is 5.09. The molecule has 1 aliphatic heterocycles.